The summed E-state index contributed by atoms with van der Waals surface area (Å²) in [6.45, 7) is 6.36. The molecular formula is C21H21NOS2. The highest BCUT2D eigenvalue weighted by Crippen LogP contribution is 2.38. The van der Waals surface area contributed by atoms with Crippen molar-refractivity contribution >= 4 is 40.3 Å². The molecule has 3 rings (SSSR count). The number of nitrogens with zero attached hydrogens (tertiary/aromatic N) is 1. The summed E-state index contributed by atoms with van der Waals surface area (Å²) in [5.74, 6) is 0.485. The Morgan fingerprint density at radius 1 is 0.960 bits per heavy atom. The molecule has 2 aromatic carbocycles. The summed E-state index contributed by atoms with van der Waals surface area (Å²) in [7, 11) is 0. The van der Waals surface area contributed by atoms with E-state index in [0.29, 0.717) is 15.1 Å². The van der Waals surface area contributed by atoms with Gasteiger partial charge < -0.3 is 0 Å². The van der Waals surface area contributed by atoms with Crippen LogP contribution in [0.5, 0.6) is 0 Å². The maximum absolute atomic E-state index is 12.9. The van der Waals surface area contributed by atoms with Crippen molar-refractivity contribution < 1.29 is 4.79 Å². The predicted octanol–water partition coefficient (Wildman–Crippen LogP) is 5.77. The third-order valence-corrected chi connectivity index (χ3v) is 5.72. The van der Waals surface area contributed by atoms with Gasteiger partial charge in [-0.05, 0) is 35.6 Å². The minimum absolute atomic E-state index is 0.0145. The molecule has 1 heterocycles. The van der Waals surface area contributed by atoms with Gasteiger partial charge >= 0.3 is 0 Å². The van der Waals surface area contributed by atoms with Crippen LogP contribution in [-0.2, 0) is 4.79 Å². The Kier molecular flexibility index (Phi) is 5.40. The third-order valence-electron chi connectivity index (χ3n) is 4.39. The topological polar surface area (TPSA) is 20.3 Å². The van der Waals surface area contributed by atoms with E-state index < -0.39 is 0 Å². The van der Waals surface area contributed by atoms with Crippen molar-refractivity contribution in [3.63, 3.8) is 0 Å². The Balaban J connectivity index is 1.83. The average Bonchev–Trinajstić information content (AvgIpc) is 2.89. The van der Waals surface area contributed by atoms with Crippen LogP contribution in [0.15, 0.2) is 59.5 Å². The first kappa shape index (κ1) is 17.9. The molecule has 1 aliphatic heterocycles. The molecule has 0 aliphatic carbocycles. The fourth-order valence-corrected chi connectivity index (χ4v) is 4.24. The highest BCUT2D eigenvalue weighted by atomic mass is 32.2. The zero-order valence-electron chi connectivity index (χ0n) is 14.6. The standard InChI is InChI=1S/C21H21NOS2/c1-14(2)17-11-9-16(10-12-17)13-19-20(23)22(21(24)25-19)15(3)18-7-5-4-6-8-18/h4-15H,1-3H3. The molecule has 1 fully saturated rings. The summed E-state index contributed by atoms with van der Waals surface area (Å²) < 4.78 is 0.617. The third kappa shape index (κ3) is 3.86. The largest absolute Gasteiger partial charge is 0.286 e. The molecular weight excluding hydrogens is 346 g/mol. The first-order valence-corrected chi connectivity index (χ1v) is 9.62. The molecule has 0 saturated carbocycles. The van der Waals surface area contributed by atoms with Gasteiger partial charge in [0.2, 0.25) is 0 Å². The summed E-state index contributed by atoms with van der Waals surface area (Å²) in [5, 5.41) is 0. The van der Waals surface area contributed by atoms with Crippen molar-refractivity contribution in [3.05, 3.63) is 76.2 Å². The summed E-state index contributed by atoms with van der Waals surface area (Å²) >= 11 is 6.85. The number of benzene rings is 2. The second-order valence-corrected chi connectivity index (χ2v) is 8.14. The summed E-state index contributed by atoms with van der Waals surface area (Å²) in [4.78, 5) is 15.3. The van der Waals surface area contributed by atoms with E-state index in [2.05, 4.69) is 38.1 Å². The van der Waals surface area contributed by atoms with E-state index in [9.17, 15) is 4.79 Å². The highest BCUT2D eigenvalue weighted by molar-refractivity contribution is 8.26. The van der Waals surface area contributed by atoms with Crippen LogP contribution in [0.25, 0.3) is 6.08 Å². The monoisotopic (exact) mass is 367 g/mol. The smallest absolute Gasteiger partial charge is 0.266 e. The van der Waals surface area contributed by atoms with Crippen LogP contribution in [0.1, 0.15) is 49.4 Å². The molecule has 0 spiro atoms. The summed E-state index contributed by atoms with van der Waals surface area (Å²) in [6, 6.07) is 18.3. The number of amides is 1. The van der Waals surface area contributed by atoms with Gasteiger partial charge in [0.15, 0.2) is 0 Å². The molecule has 2 aromatic rings. The Labute approximate surface area is 158 Å². The number of hydrogen-bond donors (Lipinski definition) is 0. The van der Waals surface area contributed by atoms with Crippen LogP contribution in [0.4, 0.5) is 0 Å². The Hall–Kier alpha value is -1.91. The fraction of sp³-hybridized carbons (Fsp3) is 0.238. The Morgan fingerprint density at radius 3 is 2.20 bits per heavy atom. The fourth-order valence-electron chi connectivity index (χ4n) is 2.82. The lowest BCUT2D eigenvalue weighted by Crippen LogP contribution is -2.30. The lowest BCUT2D eigenvalue weighted by atomic mass is 10.0. The number of thiocarbonyl (C=S) groups is 1. The number of hydrogen-bond acceptors (Lipinski definition) is 3. The maximum Gasteiger partial charge on any atom is 0.266 e. The molecule has 4 heteroatoms. The van der Waals surface area contributed by atoms with Gasteiger partial charge in [0.25, 0.3) is 5.91 Å². The average molecular weight is 368 g/mol. The Morgan fingerprint density at radius 2 is 1.60 bits per heavy atom. The predicted molar refractivity (Wildman–Crippen MR) is 110 cm³/mol. The molecule has 0 N–H and O–H groups in total. The van der Waals surface area contributed by atoms with E-state index in [1.807, 2.05) is 43.3 Å². The van der Waals surface area contributed by atoms with Crippen LogP contribution < -0.4 is 0 Å². The molecule has 2 nitrogen and oxygen atoms in total. The SMILES string of the molecule is CC(C)c1ccc(C=C2SC(=S)N(C(C)c3ccccc3)C2=O)cc1. The molecule has 1 saturated heterocycles. The van der Waals surface area contributed by atoms with Crippen LogP contribution in [0, 0.1) is 0 Å². The molecule has 0 bridgehead atoms. The van der Waals surface area contributed by atoms with Gasteiger partial charge in [0.1, 0.15) is 4.32 Å². The van der Waals surface area contributed by atoms with E-state index in [4.69, 9.17) is 12.2 Å². The Bertz CT molecular complexity index is 810. The van der Waals surface area contributed by atoms with Gasteiger partial charge in [-0.3, -0.25) is 9.69 Å². The molecule has 0 radical (unpaired) electrons. The second kappa shape index (κ2) is 7.54. The van der Waals surface area contributed by atoms with E-state index >= 15 is 0 Å². The molecule has 25 heavy (non-hydrogen) atoms. The quantitative estimate of drug-likeness (QED) is 0.505. The first-order valence-electron chi connectivity index (χ1n) is 8.39. The van der Waals surface area contributed by atoms with Gasteiger partial charge in [0, 0.05) is 0 Å². The zero-order valence-corrected chi connectivity index (χ0v) is 16.2. The molecule has 1 unspecified atom stereocenters. The normalized spacial score (nSPS) is 17.6. The van der Waals surface area contributed by atoms with Crippen molar-refractivity contribution in [1.29, 1.82) is 0 Å². The van der Waals surface area contributed by atoms with Crippen LogP contribution in [0.3, 0.4) is 0 Å². The molecule has 1 aliphatic rings. The van der Waals surface area contributed by atoms with Gasteiger partial charge in [-0.2, -0.15) is 0 Å². The van der Waals surface area contributed by atoms with Gasteiger partial charge in [-0.1, -0.05) is 92.4 Å². The number of carbonyl (C=O) groups excluding carboxylic acids is 1. The first-order chi connectivity index (χ1) is 12.0. The minimum Gasteiger partial charge on any atom is -0.286 e. The van der Waals surface area contributed by atoms with Crippen LogP contribution in [-0.4, -0.2) is 15.1 Å². The number of carbonyl (C=O) groups is 1. The second-order valence-electron chi connectivity index (χ2n) is 6.46. The van der Waals surface area contributed by atoms with Crippen molar-refractivity contribution in [2.45, 2.75) is 32.7 Å². The van der Waals surface area contributed by atoms with Crippen LogP contribution in [0.2, 0.25) is 0 Å². The van der Waals surface area contributed by atoms with Crippen molar-refractivity contribution in [2.24, 2.45) is 0 Å². The molecule has 1 amide bonds. The van der Waals surface area contributed by atoms with E-state index in [0.717, 1.165) is 11.1 Å². The van der Waals surface area contributed by atoms with E-state index in [-0.39, 0.29) is 11.9 Å². The van der Waals surface area contributed by atoms with Gasteiger partial charge in [-0.15, -0.1) is 0 Å². The van der Waals surface area contributed by atoms with Crippen molar-refractivity contribution in [3.8, 4) is 0 Å². The zero-order chi connectivity index (χ0) is 18.0. The minimum atomic E-state index is -0.0667. The molecule has 128 valence electrons. The lowest BCUT2D eigenvalue weighted by Gasteiger charge is -2.23. The lowest BCUT2D eigenvalue weighted by molar-refractivity contribution is -0.123. The number of thioether (sulfide) groups is 1. The summed E-state index contributed by atoms with van der Waals surface area (Å²) in [6.07, 6.45) is 1.93. The molecule has 1 atom stereocenters. The van der Waals surface area contributed by atoms with Gasteiger partial charge in [-0.25, -0.2) is 0 Å². The van der Waals surface area contributed by atoms with Crippen LogP contribution >= 0.6 is 24.0 Å². The highest BCUT2D eigenvalue weighted by Gasteiger charge is 2.35. The van der Waals surface area contributed by atoms with Crippen molar-refractivity contribution in [1.82, 2.24) is 4.90 Å². The van der Waals surface area contributed by atoms with E-state index in [1.54, 1.807) is 4.90 Å². The maximum atomic E-state index is 12.9. The van der Waals surface area contributed by atoms with E-state index in [1.165, 1.54) is 17.3 Å². The van der Waals surface area contributed by atoms with Crippen molar-refractivity contribution in [2.75, 3.05) is 0 Å². The summed E-state index contributed by atoms with van der Waals surface area (Å²) in [5.41, 5.74) is 3.40. The number of rotatable bonds is 4. The van der Waals surface area contributed by atoms with Gasteiger partial charge in [0.05, 0.1) is 10.9 Å². The molecule has 0 aromatic heterocycles.